The van der Waals surface area contributed by atoms with E-state index in [1.807, 2.05) is 24.6 Å². The largest absolute Gasteiger partial charge is 0.362 e. The van der Waals surface area contributed by atoms with Gasteiger partial charge in [-0.15, -0.1) is 0 Å². The zero-order valence-corrected chi connectivity index (χ0v) is 14.4. The molecule has 0 unspecified atom stereocenters. The molecule has 2 rings (SSSR count). The molecule has 0 bridgehead atoms. The van der Waals surface area contributed by atoms with Crippen molar-refractivity contribution < 1.29 is 14.3 Å². The zero-order valence-electron chi connectivity index (χ0n) is 14.4. The average Bonchev–Trinajstić information content (AvgIpc) is 2.84. The highest BCUT2D eigenvalue weighted by Gasteiger charge is 2.39. The smallest absolute Gasteiger partial charge is 0.253 e. The van der Waals surface area contributed by atoms with Gasteiger partial charge in [0.25, 0.3) is 5.91 Å². The Morgan fingerprint density at radius 3 is 2.78 bits per heavy atom. The van der Waals surface area contributed by atoms with Crippen molar-refractivity contribution in [3.05, 3.63) is 17.5 Å². The quantitative estimate of drug-likeness (QED) is 0.863. The van der Waals surface area contributed by atoms with Crippen molar-refractivity contribution in [2.45, 2.75) is 45.8 Å². The van der Waals surface area contributed by atoms with Crippen LogP contribution in [0.5, 0.6) is 0 Å². The van der Waals surface area contributed by atoms with E-state index in [4.69, 9.17) is 4.74 Å². The number of likely N-dealkylation sites (N-methyl/N-ethyl adjacent to an activating group) is 1. The molecule has 1 fully saturated rings. The van der Waals surface area contributed by atoms with Crippen LogP contribution in [-0.2, 0) is 20.9 Å². The molecule has 1 aliphatic heterocycles. The van der Waals surface area contributed by atoms with Gasteiger partial charge in [-0.25, -0.2) is 0 Å². The van der Waals surface area contributed by atoms with Crippen LogP contribution < -0.4 is 5.32 Å². The number of hydrogen-bond acceptors (Lipinski definition) is 4. The van der Waals surface area contributed by atoms with E-state index in [9.17, 15) is 9.59 Å². The number of aromatic nitrogens is 2. The van der Waals surface area contributed by atoms with Gasteiger partial charge in [-0.05, 0) is 33.3 Å². The molecule has 0 spiro atoms. The van der Waals surface area contributed by atoms with Crippen LogP contribution in [-0.4, -0.2) is 58.8 Å². The van der Waals surface area contributed by atoms with Gasteiger partial charge in [0.2, 0.25) is 5.91 Å². The van der Waals surface area contributed by atoms with E-state index in [2.05, 4.69) is 10.4 Å². The number of hydrogen-bond donors (Lipinski definition) is 1. The molecule has 1 atom stereocenters. The van der Waals surface area contributed by atoms with E-state index < -0.39 is 5.60 Å². The average molecular weight is 322 g/mol. The van der Waals surface area contributed by atoms with Crippen molar-refractivity contribution >= 4 is 11.8 Å². The maximum Gasteiger partial charge on any atom is 0.253 e. The Morgan fingerprint density at radius 1 is 1.43 bits per heavy atom. The molecule has 0 aliphatic carbocycles. The third-order valence-corrected chi connectivity index (χ3v) is 4.20. The Balaban J connectivity index is 1.85. The zero-order chi connectivity index (χ0) is 17.0. The fourth-order valence-electron chi connectivity index (χ4n) is 2.92. The topological polar surface area (TPSA) is 76.5 Å². The van der Waals surface area contributed by atoms with Gasteiger partial charge in [-0.3, -0.25) is 14.3 Å². The standard InChI is InChI=1S/C16H26N4O3/c1-12-10-13(2)20(18-12)7-5-6-14(21)19-8-9-23-16(3,11-19)15(22)17-4/h10H,5-9,11H2,1-4H3,(H,17,22)/t16-/m0/s1. The molecule has 1 aromatic rings. The van der Waals surface area contributed by atoms with E-state index in [0.29, 0.717) is 26.1 Å². The normalized spacial score (nSPS) is 21.3. The molecule has 2 heterocycles. The molecule has 0 radical (unpaired) electrons. The van der Waals surface area contributed by atoms with Gasteiger partial charge in [0, 0.05) is 32.3 Å². The van der Waals surface area contributed by atoms with Gasteiger partial charge in [0.1, 0.15) is 0 Å². The molecule has 7 heteroatoms. The summed E-state index contributed by atoms with van der Waals surface area (Å²) in [4.78, 5) is 26.0. The Kier molecular flexibility index (Phi) is 5.41. The number of ether oxygens (including phenoxy) is 1. The molecule has 1 N–H and O–H groups in total. The Labute approximate surface area is 137 Å². The SMILES string of the molecule is CNC(=O)[C@]1(C)CN(C(=O)CCCn2nc(C)cc2C)CCO1. The van der Waals surface area contributed by atoms with Crippen molar-refractivity contribution in [3.63, 3.8) is 0 Å². The molecule has 1 saturated heterocycles. The molecule has 0 aromatic carbocycles. The molecule has 23 heavy (non-hydrogen) atoms. The Bertz CT molecular complexity index is 584. The van der Waals surface area contributed by atoms with Crippen molar-refractivity contribution in [1.82, 2.24) is 20.0 Å². The monoisotopic (exact) mass is 322 g/mol. The van der Waals surface area contributed by atoms with Gasteiger partial charge in [0.15, 0.2) is 5.60 Å². The van der Waals surface area contributed by atoms with Crippen LogP contribution in [0, 0.1) is 13.8 Å². The molecule has 128 valence electrons. The molecular weight excluding hydrogens is 296 g/mol. The Hall–Kier alpha value is -1.89. The number of nitrogens with one attached hydrogen (secondary N) is 1. The Morgan fingerprint density at radius 2 is 2.17 bits per heavy atom. The molecular formula is C16H26N4O3. The summed E-state index contributed by atoms with van der Waals surface area (Å²) in [5.74, 6) is -0.136. The molecule has 0 saturated carbocycles. The maximum atomic E-state index is 12.4. The lowest BCUT2D eigenvalue weighted by Gasteiger charge is -2.39. The minimum absolute atomic E-state index is 0.0601. The van der Waals surface area contributed by atoms with Gasteiger partial charge in [0.05, 0.1) is 18.8 Å². The van der Waals surface area contributed by atoms with Crippen molar-refractivity contribution in [1.29, 1.82) is 0 Å². The minimum Gasteiger partial charge on any atom is -0.362 e. The summed E-state index contributed by atoms with van der Waals surface area (Å²) in [6.45, 7) is 7.63. The van der Waals surface area contributed by atoms with Crippen molar-refractivity contribution in [3.8, 4) is 0 Å². The van der Waals surface area contributed by atoms with Crippen LogP contribution in [0.25, 0.3) is 0 Å². The van der Waals surface area contributed by atoms with E-state index >= 15 is 0 Å². The van der Waals surface area contributed by atoms with E-state index in [1.165, 1.54) is 0 Å². The lowest BCUT2D eigenvalue weighted by molar-refractivity contribution is -0.162. The third-order valence-electron chi connectivity index (χ3n) is 4.20. The molecule has 1 aromatic heterocycles. The van der Waals surface area contributed by atoms with Crippen molar-refractivity contribution in [2.75, 3.05) is 26.7 Å². The summed E-state index contributed by atoms with van der Waals surface area (Å²) in [6, 6.07) is 2.03. The van der Waals surface area contributed by atoms with Gasteiger partial charge < -0.3 is 15.0 Å². The van der Waals surface area contributed by atoms with Crippen LogP contribution in [0.1, 0.15) is 31.2 Å². The van der Waals surface area contributed by atoms with Crippen molar-refractivity contribution in [2.24, 2.45) is 0 Å². The first-order chi connectivity index (χ1) is 10.9. The predicted molar refractivity (Wildman–Crippen MR) is 85.9 cm³/mol. The van der Waals surface area contributed by atoms with Gasteiger partial charge >= 0.3 is 0 Å². The second-order valence-electron chi connectivity index (χ2n) is 6.23. The fraction of sp³-hybridized carbons (Fsp3) is 0.688. The minimum atomic E-state index is -0.960. The summed E-state index contributed by atoms with van der Waals surface area (Å²) < 4.78 is 7.50. The number of carbonyl (C=O) groups excluding carboxylic acids is 2. The van der Waals surface area contributed by atoms with Gasteiger partial charge in [-0.1, -0.05) is 0 Å². The first kappa shape index (κ1) is 17.5. The van der Waals surface area contributed by atoms with E-state index in [0.717, 1.165) is 24.4 Å². The maximum absolute atomic E-state index is 12.4. The highest BCUT2D eigenvalue weighted by molar-refractivity contribution is 5.86. The van der Waals surface area contributed by atoms with Crippen LogP contribution in [0.3, 0.4) is 0 Å². The second kappa shape index (κ2) is 7.12. The van der Waals surface area contributed by atoms with E-state index in [1.54, 1.807) is 18.9 Å². The number of aryl methyl sites for hydroxylation is 3. The first-order valence-corrected chi connectivity index (χ1v) is 8.01. The number of amides is 2. The number of nitrogens with zero attached hydrogens (tertiary/aromatic N) is 3. The van der Waals surface area contributed by atoms with Crippen LogP contribution in [0.15, 0.2) is 6.07 Å². The fourth-order valence-corrected chi connectivity index (χ4v) is 2.92. The lowest BCUT2D eigenvalue weighted by atomic mass is 10.0. The van der Waals surface area contributed by atoms with Crippen LogP contribution in [0.4, 0.5) is 0 Å². The summed E-state index contributed by atoms with van der Waals surface area (Å²) >= 11 is 0. The number of morpholine rings is 1. The van der Waals surface area contributed by atoms with E-state index in [-0.39, 0.29) is 11.8 Å². The molecule has 2 amide bonds. The van der Waals surface area contributed by atoms with Gasteiger partial charge in [-0.2, -0.15) is 5.10 Å². The number of carbonyl (C=O) groups is 2. The molecule has 7 nitrogen and oxygen atoms in total. The summed E-state index contributed by atoms with van der Waals surface area (Å²) in [7, 11) is 1.58. The highest BCUT2D eigenvalue weighted by Crippen LogP contribution is 2.19. The summed E-state index contributed by atoms with van der Waals surface area (Å²) in [5, 5.41) is 6.99. The predicted octanol–water partition coefficient (Wildman–Crippen LogP) is 0.644. The van der Waals surface area contributed by atoms with Crippen LogP contribution >= 0.6 is 0 Å². The third kappa shape index (κ3) is 4.10. The highest BCUT2D eigenvalue weighted by atomic mass is 16.5. The summed E-state index contributed by atoms with van der Waals surface area (Å²) in [6.07, 6.45) is 1.18. The number of rotatable bonds is 5. The summed E-state index contributed by atoms with van der Waals surface area (Å²) in [5.41, 5.74) is 1.13. The lowest BCUT2D eigenvalue weighted by Crippen LogP contribution is -2.58. The second-order valence-corrected chi connectivity index (χ2v) is 6.23. The molecule has 1 aliphatic rings. The first-order valence-electron chi connectivity index (χ1n) is 8.01. The van der Waals surface area contributed by atoms with Crippen LogP contribution in [0.2, 0.25) is 0 Å².